The average Bonchev–Trinajstić information content (AvgIpc) is 4.10. The van der Waals surface area contributed by atoms with Crippen molar-refractivity contribution in [2.45, 2.75) is 24.5 Å². The van der Waals surface area contributed by atoms with Gasteiger partial charge in [0.2, 0.25) is 0 Å². The van der Waals surface area contributed by atoms with Crippen LogP contribution in [-0.2, 0) is 0 Å². The molecule has 0 saturated carbocycles. The molecule has 2 aliphatic heterocycles. The van der Waals surface area contributed by atoms with Crippen LogP contribution in [0, 0.1) is 28.6 Å². The summed E-state index contributed by atoms with van der Waals surface area (Å²) in [4.78, 5) is 18.7. The molecule has 0 radical (unpaired) electrons. The second kappa shape index (κ2) is 15.7. The van der Waals surface area contributed by atoms with Gasteiger partial charge in [-0.3, -0.25) is 4.98 Å². The fraction of sp³-hybridized carbons (Fsp3) is 0.120. The summed E-state index contributed by atoms with van der Waals surface area (Å²) in [6, 6.07) is 54.6. The highest BCUT2D eigenvalue weighted by molar-refractivity contribution is 7.99. The van der Waals surface area contributed by atoms with Crippen LogP contribution in [0.25, 0.3) is 78.7 Å². The molecule has 0 spiro atoms. The minimum Gasteiger partial charge on any atom is -0.354 e. The molecule has 0 fully saturated rings. The third-order valence-electron chi connectivity index (χ3n) is 10.7. The molecule has 8 bridgehead atoms. The highest BCUT2D eigenvalue weighted by Crippen LogP contribution is 2.54. The van der Waals surface area contributed by atoms with Crippen LogP contribution in [-0.4, -0.2) is 25.7 Å². The Hall–Kier alpha value is -6.93. The van der Waals surface area contributed by atoms with Gasteiger partial charge in [-0.2, -0.15) is 22.3 Å². The number of nitriles is 2. The molecule has 274 valence electrons. The first kappa shape index (κ1) is 35.8. The van der Waals surface area contributed by atoms with Crippen LogP contribution in [0.2, 0.25) is 0 Å². The Balaban J connectivity index is 1.53. The summed E-state index contributed by atoms with van der Waals surface area (Å²) in [7, 11) is 0. The van der Waals surface area contributed by atoms with Gasteiger partial charge >= 0.3 is 0 Å². The van der Waals surface area contributed by atoms with Crippen LogP contribution >= 0.6 is 11.8 Å². The van der Waals surface area contributed by atoms with E-state index in [-0.39, 0.29) is 5.25 Å². The monoisotopic (exact) mass is 754 g/mol. The van der Waals surface area contributed by atoms with Gasteiger partial charge in [-0.15, -0.1) is 0 Å². The summed E-state index contributed by atoms with van der Waals surface area (Å²) >= 11 is 1.78. The van der Waals surface area contributed by atoms with Crippen LogP contribution in [0.1, 0.15) is 47.3 Å². The molecule has 0 unspecified atom stereocenters. The number of nitrogens with one attached hydrogen (secondary N) is 2. The van der Waals surface area contributed by atoms with E-state index in [1.165, 1.54) is 0 Å². The molecule has 2 N–H and O–H groups in total. The van der Waals surface area contributed by atoms with E-state index in [9.17, 15) is 10.5 Å². The highest BCUT2D eigenvalue weighted by Gasteiger charge is 2.42. The third-order valence-corrected chi connectivity index (χ3v) is 12.2. The average molecular weight is 755 g/mol. The molecule has 0 aliphatic carbocycles. The van der Waals surface area contributed by atoms with Gasteiger partial charge in [-0.05, 0) is 70.8 Å². The van der Waals surface area contributed by atoms with Gasteiger partial charge in [-0.1, -0.05) is 128 Å². The molecule has 3 aromatic heterocycles. The number of aromatic nitrogens is 4. The largest absolute Gasteiger partial charge is 0.354 e. The lowest BCUT2D eigenvalue weighted by Crippen LogP contribution is -2.14. The topological polar surface area (TPSA) is 105 Å². The molecule has 6 nitrogen and oxygen atoms in total. The minimum absolute atomic E-state index is 0.280. The summed E-state index contributed by atoms with van der Waals surface area (Å²) in [6.07, 6.45) is 5.15. The van der Waals surface area contributed by atoms with Crippen molar-refractivity contribution in [3.05, 3.63) is 168 Å². The predicted molar refractivity (Wildman–Crippen MR) is 235 cm³/mol. The van der Waals surface area contributed by atoms with Gasteiger partial charge < -0.3 is 9.97 Å². The Morgan fingerprint density at radius 1 is 0.526 bits per heavy atom. The van der Waals surface area contributed by atoms with E-state index >= 15 is 0 Å². The molecule has 4 aromatic carbocycles. The first-order valence-corrected chi connectivity index (χ1v) is 20.3. The molecule has 7 heteroatoms. The lowest BCUT2D eigenvalue weighted by molar-refractivity contribution is 0.619. The van der Waals surface area contributed by atoms with Gasteiger partial charge in [0, 0.05) is 50.2 Å². The van der Waals surface area contributed by atoms with Crippen molar-refractivity contribution < 1.29 is 0 Å². The Kier molecular flexibility index (Phi) is 9.83. The third kappa shape index (κ3) is 6.63. The van der Waals surface area contributed by atoms with E-state index in [1.54, 1.807) is 11.8 Å². The number of thioether (sulfide) groups is 1. The van der Waals surface area contributed by atoms with Crippen LogP contribution in [0.15, 0.2) is 146 Å². The van der Waals surface area contributed by atoms with Gasteiger partial charge in [0.15, 0.2) is 0 Å². The number of H-pyrrole nitrogens is 2. The maximum atomic E-state index is 10.7. The normalized spacial score (nSPS) is 14.7. The van der Waals surface area contributed by atoms with Crippen molar-refractivity contribution in [1.29, 1.82) is 10.5 Å². The van der Waals surface area contributed by atoms with Crippen molar-refractivity contribution in [2.24, 2.45) is 5.92 Å². The van der Waals surface area contributed by atoms with Crippen molar-refractivity contribution in [1.82, 2.24) is 19.9 Å². The predicted octanol–water partition coefficient (Wildman–Crippen LogP) is 12.8. The van der Waals surface area contributed by atoms with E-state index in [2.05, 4.69) is 126 Å². The summed E-state index contributed by atoms with van der Waals surface area (Å²) in [5, 5.41) is 21.1. The van der Waals surface area contributed by atoms with Gasteiger partial charge in [0.1, 0.15) is 5.92 Å². The number of benzene rings is 4. The van der Waals surface area contributed by atoms with Crippen molar-refractivity contribution in [2.75, 3.05) is 5.75 Å². The van der Waals surface area contributed by atoms with Crippen molar-refractivity contribution >= 4 is 46.0 Å². The summed E-state index contributed by atoms with van der Waals surface area (Å²) in [5.41, 5.74) is 14.6. The Morgan fingerprint density at radius 2 is 0.912 bits per heavy atom. The minimum atomic E-state index is -0.946. The lowest BCUT2D eigenvalue weighted by atomic mass is 9.84. The maximum Gasteiger partial charge on any atom is 0.143 e. The van der Waals surface area contributed by atoms with Crippen LogP contribution in [0.5, 0.6) is 0 Å². The number of aromatic amines is 2. The summed E-state index contributed by atoms with van der Waals surface area (Å²) < 4.78 is 0. The van der Waals surface area contributed by atoms with Crippen LogP contribution < -0.4 is 0 Å². The Morgan fingerprint density at radius 3 is 1.32 bits per heavy atom. The van der Waals surface area contributed by atoms with E-state index in [4.69, 9.17) is 9.97 Å². The Labute approximate surface area is 336 Å². The van der Waals surface area contributed by atoms with Crippen molar-refractivity contribution in [3.8, 4) is 56.6 Å². The summed E-state index contributed by atoms with van der Waals surface area (Å²) in [6.45, 7) is 2.16. The van der Waals surface area contributed by atoms with E-state index in [1.807, 2.05) is 60.7 Å². The molecular weight excluding hydrogens is 717 g/mol. The second-order valence-electron chi connectivity index (χ2n) is 14.2. The fourth-order valence-corrected chi connectivity index (χ4v) is 9.46. The molecule has 5 heterocycles. The number of nitrogens with zero attached hydrogens (tertiary/aromatic N) is 4. The standard InChI is InChI=1S/C50H38N6S/c1-2-29-57-50-47(36(30-51)31-52)48-45(34-19-11-5-12-20-34)41-27-25-39(54-41)43(32-15-7-3-8-16-32)37-23-24-38(53-37)44(33-17-9-4-10-18-33)40-26-28-42(55-40)46(49(50)56-48)35-21-13-6-14-22-35/h3-28,36,47,50,54-55H,2,29H2,1H3/t47-,50+/m0/s1. The molecule has 2 aliphatic rings. The lowest BCUT2D eigenvalue weighted by Gasteiger charge is -2.23. The number of hydrogen-bond donors (Lipinski definition) is 2. The quantitative estimate of drug-likeness (QED) is 0.161. The van der Waals surface area contributed by atoms with Gasteiger partial charge in [-0.25, -0.2) is 4.98 Å². The first-order valence-electron chi connectivity index (χ1n) is 19.3. The number of fused-ring (bicyclic) bond motifs is 8. The first-order chi connectivity index (χ1) is 28.2. The SMILES string of the molecule is CCCS[C@H]1c2nc(c(-c3ccccc3)c3ccc([nH]3)c(-c3ccccc3)c3nc(c(-c4ccccc4)c4ccc([nH]4)c2-c2ccccc2)C=C3)[C@@H]1C(C#N)C#N. The van der Waals surface area contributed by atoms with E-state index < -0.39 is 11.8 Å². The zero-order valence-electron chi connectivity index (χ0n) is 31.4. The fourth-order valence-electron chi connectivity index (χ4n) is 8.15. The zero-order chi connectivity index (χ0) is 38.7. The van der Waals surface area contributed by atoms with Gasteiger partial charge in [0.25, 0.3) is 0 Å². The molecule has 57 heavy (non-hydrogen) atoms. The van der Waals surface area contributed by atoms with E-state index in [0.29, 0.717) is 0 Å². The molecule has 0 amide bonds. The van der Waals surface area contributed by atoms with Gasteiger partial charge in [0.05, 0.1) is 40.2 Å². The molecular formula is C50H38N6S. The van der Waals surface area contributed by atoms with Crippen molar-refractivity contribution in [3.63, 3.8) is 0 Å². The maximum absolute atomic E-state index is 10.7. The number of rotatable bonds is 8. The van der Waals surface area contributed by atoms with Crippen LogP contribution in [0.4, 0.5) is 0 Å². The zero-order valence-corrected chi connectivity index (χ0v) is 32.2. The smallest absolute Gasteiger partial charge is 0.143 e. The second-order valence-corrected chi connectivity index (χ2v) is 15.4. The number of hydrogen-bond acceptors (Lipinski definition) is 5. The molecule has 0 saturated heterocycles. The van der Waals surface area contributed by atoms with Crippen LogP contribution in [0.3, 0.4) is 0 Å². The molecule has 9 rings (SSSR count). The highest BCUT2D eigenvalue weighted by atomic mass is 32.2. The Bertz CT molecular complexity index is 2850. The molecule has 2 atom stereocenters. The molecule has 7 aromatic rings. The summed E-state index contributed by atoms with van der Waals surface area (Å²) in [5.74, 6) is -0.618. The van der Waals surface area contributed by atoms with E-state index in [0.717, 1.165) is 102 Å².